The fourth-order valence-electron chi connectivity index (χ4n) is 3.44. The maximum atomic E-state index is 12.6. The first-order chi connectivity index (χ1) is 12.3. The predicted molar refractivity (Wildman–Crippen MR) is 102 cm³/mol. The van der Waals surface area contributed by atoms with Crippen molar-refractivity contribution in [2.75, 3.05) is 0 Å². The van der Waals surface area contributed by atoms with E-state index in [2.05, 4.69) is 31.4 Å². The van der Waals surface area contributed by atoms with Crippen LogP contribution in [0.15, 0.2) is 55.6 Å². The Bertz CT molecular complexity index is 810. The Morgan fingerprint density at radius 3 is 1.92 bits per heavy atom. The van der Waals surface area contributed by atoms with E-state index in [9.17, 15) is 13.2 Å². The zero-order valence-electron chi connectivity index (χ0n) is 14.8. The van der Waals surface area contributed by atoms with Crippen LogP contribution in [0.2, 0.25) is 0 Å². The van der Waals surface area contributed by atoms with Gasteiger partial charge >= 0.3 is 6.18 Å². The molecule has 0 aliphatic heterocycles. The fraction of sp³-hybridized carbons (Fsp3) is 0.304. The smallest absolute Gasteiger partial charge is 0.166 e. The molecule has 3 rings (SSSR count). The molecular formula is C23H23F3. The molecule has 26 heavy (non-hydrogen) atoms. The summed E-state index contributed by atoms with van der Waals surface area (Å²) < 4.78 is 37.9. The molecule has 1 aliphatic rings. The average Bonchev–Trinajstić information content (AvgIpc) is 2.64. The Morgan fingerprint density at radius 1 is 0.769 bits per heavy atom. The number of allylic oxidation sites excluding steroid dienone is 2. The first-order valence-corrected chi connectivity index (χ1v) is 9.00. The maximum absolute atomic E-state index is 12.6. The molecule has 0 spiro atoms. The summed E-state index contributed by atoms with van der Waals surface area (Å²) in [5, 5.41) is 0. The van der Waals surface area contributed by atoms with Crippen LogP contribution in [-0.4, -0.2) is 0 Å². The van der Waals surface area contributed by atoms with Gasteiger partial charge in [0, 0.05) is 0 Å². The quantitative estimate of drug-likeness (QED) is 0.536. The standard InChI is InChI=1S/C23H23F3/c1-16(18-11-13-22(14-12-18)23(24,25)26)7-8-17(2)20-10-9-19-5-3-4-6-21(19)15-20/h9-15H,1-8H2. The van der Waals surface area contributed by atoms with Crippen LogP contribution in [-0.2, 0) is 19.0 Å². The number of aryl methyl sites for hydroxylation is 2. The van der Waals surface area contributed by atoms with E-state index in [0.29, 0.717) is 6.42 Å². The summed E-state index contributed by atoms with van der Waals surface area (Å²) in [4.78, 5) is 0. The van der Waals surface area contributed by atoms with Crippen LogP contribution in [0.1, 0.15) is 53.5 Å². The third kappa shape index (κ3) is 4.27. The highest BCUT2D eigenvalue weighted by Gasteiger charge is 2.29. The monoisotopic (exact) mass is 356 g/mol. The summed E-state index contributed by atoms with van der Waals surface area (Å²) in [6, 6.07) is 11.8. The lowest BCUT2D eigenvalue weighted by Gasteiger charge is -2.17. The van der Waals surface area contributed by atoms with Crippen LogP contribution in [0.3, 0.4) is 0 Å². The lowest BCUT2D eigenvalue weighted by atomic mass is 9.88. The maximum Gasteiger partial charge on any atom is 0.416 e. The Labute approximate surface area is 153 Å². The Hall–Kier alpha value is -2.29. The van der Waals surface area contributed by atoms with E-state index >= 15 is 0 Å². The second-order valence-electron chi connectivity index (χ2n) is 6.97. The molecule has 0 bridgehead atoms. The van der Waals surface area contributed by atoms with Crippen molar-refractivity contribution in [1.82, 2.24) is 0 Å². The van der Waals surface area contributed by atoms with Crippen molar-refractivity contribution in [2.24, 2.45) is 0 Å². The molecule has 2 aromatic rings. The molecular weight excluding hydrogens is 333 g/mol. The minimum absolute atomic E-state index is 0.632. The van der Waals surface area contributed by atoms with Crippen LogP contribution in [0.4, 0.5) is 13.2 Å². The summed E-state index contributed by atoms with van der Waals surface area (Å²) >= 11 is 0. The number of rotatable bonds is 5. The Morgan fingerprint density at radius 2 is 1.31 bits per heavy atom. The van der Waals surface area contributed by atoms with Crippen molar-refractivity contribution < 1.29 is 13.2 Å². The number of hydrogen-bond acceptors (Lipinski definition) is 0. The van der Waals surface area contributed by atoms with Gasteiger partial charge in [0.15, 0.2) is 0 Å². The molecule has 0 radical (unpaired) electrons. The van der Waals surface area contributed by atoms with E-state index in [1.165, 1.54) is 36.1 Å². The highest BCUT2D eigenvalue weighted by atomic mass is 19.4. The fourth-order valence-corrected chi connectivity index (χ4v) is 3.44. The molecule has 3 heteroatoms. The van der Waals surface area contributed by atoms with Gasteiger partial charge in [-0.25, -0.2) is 0 Å². The summed E-state index contributed by atoms with van der Waals surface area (Å²) in [5.74, 6) is 0. The van der Waals surface area contributed by atoms with Gasteiger partial charge in [-0.05, 0) is 84.1 Å². The Balaban J connectivity index is 1.61. The number of alkyl halides is 3. The van der Waals surface area contributed by atoms with Gasteiger partial charge in [-0.1, -0.05) is 43.5 Å². The largest absolute Gasteiger partial charge is 0.416 e. The second kappa shape index (κ2) is 7.53. The molecule has 0 atom stereocenters. The second-order valence-corrected chi connectivity index (χ2v) is 6.97. The zero-order chi connectivity index (χ0) is 18.7. The van der Waals surface area contributed by atoms with Gasteiger partial charge in [-0.2, -0.15) is 13.2 Å². The normalized spacial score (nSPS) is 14.0. The predicted octanol–water partition coefficient (Wildman–Crippen LogP) is 7.09. The Kier molecular flexibility index (Phi) is 5.36. The minimum Gasteiger partial charge on any atom is -0.166 e. The van der Waals surface area contributed by atoms with Crippen molar-refractivity contribution in [3.8, 4) is 0 Å². The molecule has 0 aromatic heterocycles. The first kappa shape index (κ1) is 18.5. The third-order valence-electron chi connectivity index (χ3n) is 5.11. The van der Waals surface area contributed by atoms with Crippen LogP contribution in [0, 0.1) is 0 Å². The van der Waals surface area contributed by atoms with Gasteiger partial charge in [-0.15, -0.1) is 0 Å². The summed E-state index contributed by atoms with van der Waals surface area (Å²) in [6.45, 7) is 8.23. The van der Waals surface area contributed by atoms with Gasteiger partial charge < -0.3 is 0 Å². The van der Waals surface area contributed by atoms with E-state index in [4.69, 9.17) is 0 Å². The summed E-state index contributed by atoms with van der Waals surface area (Å²) in [6.07, 6.45) is 1.93. The molecule has 0 nitrogen and oxygen atoms in total. The molecule has 136 valence electrons. The van der Waals surface area contributed by atoms with Crippen LogP contribution in [0.5, 0.6) is 0 Å². The van der Waals surface area contributed by atoms with E-state index < -0.39 is 11.7 Å². The van der Waals surface area contributed by atoms with Crippen LogP contribution in [0.25, 0.3) is 11.1 Å². The molecule has 0 unspecified atom stereocenters. The lowest BCUT2D eigenvalue weighted by molar-refractivity contribution is -0.137. The molecule has 1 aliphatic carbocycles. The topological polar surface area (TPSA) is 0 Å². The van der Waals surface area contributed by atoms with Gasteiger partial charge in [0.1, 0.15) is 0 Å². The van der Waals surface area contributed by atoms with E-state index in [1.807, 2.05) is 0 Å². The van der Waals surface area contributed by atoms with E-state index in [0.717, 1.165) is 53.7 Å². The lowest BCUT2D eigenvalue weighted by Crippen LogP contribution is -2.04. The molecule has 0 saturated heterocycles. The number of benzene rings is 2. The molecule has 0 saturated carbocycles. The molecule has 0 amide bonds. The summed E-state index contributed by atoms with van der Waals surface area (Å²) in [7, 11) is 0. The number of halogens is 3. The molecule has 0 fully saturated rings. The molecule has 0 heterocycles. The molecule has 2 aromatic carbocycles. The summed E-state index contributed by atoms with van der Waals surface area (Å²) in [5.41, 5.74) is 6.03. The van der Waals surface area contributed by atoms with Gasteiger partial charge in [-0.3, -0.25) is 0 Å². The van der Waals surface area contributed by atoms with Gasteiger partial charge in [0.2, 0.25) is 0 Å². The van der Waals surface area contributed by atoms with E-state index in [-0.39, 0.29) is 0 Å². The van der Waals surface area contributed by atoms with Crippen LogP contribution >= 0.6 is 0 Å². The zero-order valence-corrected chi connectivity index (χ0v) is 14.8. The van der Waals surface area contributed by atoms with Crippen LogP contribution < -0.4 is 0 Å². The van der Waals surface area contributed by atoms with Gasteiger partial charge in [0.25, 0.3) is 0 Å². The van der Waals surface area contributed by atoms with Crippen molar-refractivity contribution in [3.05, 3.63) is 83.4 Å². The van der Waals surface area contributed by atoms with E-state index in [1.54, 1.807) is 0 Å². The highest BCUT2D eigenvalue weighted by molar-refractivity contribution is 5.69. The first-order valence-electron chi connectivity index (χ1n) is 9.00. The number of fused-ring (bicyclic) bond motifs is 1. The third-order valence-corrected chi connectivity index (χ3v) is 5.11. The minimum atomic E-state index is -4.30. The highest BCUT2D eigenvalue weighted by Crippen LogP contribution is 2.32. The SMILES string of the molecule is C=C(CCC(=C)c1ccc2c(c1)CCCC2)c1ccc(C(F)(F)F)cc1. The van der Waals surface area contributed by atoms with Gasteiger partial charge in [0.05, 0.1) is 5.56 Å². The van der Waals surface area contributed by atoms with Crippen molar-refractivity contribution in [3.63, 3.8) is 0 Å². The van der Waals surface area contributed by atoms with Crippen molar-refractivity contribution in [2.45, 2.75) is 44.7 Å². The average molecular weight is 356 g/mol. The van der Waals surface area contributed by atoms with Crippen molar-refractivity contribution in [1.29, 1.82) is 0 Å². The van der Waals surface area contributed by atoms with Crippen molar-refractivity contribution >= 4 is 11.1 Å². The number of hydrogen-bond donors (Lipinski definition) is 0. The molecule has 0 N–H and O–H groups in total.